The van der Waals surface area contributed by atoms with Gasteiger partial charge in [-0.25, -0.2) is 4.68 Å². The maximum absolute atomic E-state index is 13.5. The molecule has 5 rings (SSSR count). The lowest BCUT2D eigenvalue weighted by molar-refractivity contribution is 0.0629. The van der Waals surface area contributed by atoms with Crippen LogP contribution in [0.1, 0.15) is 15.9 Å². The van der Waals surface area contributed by atoms with E-state index in [2.05, 4.69) is 34.1 Å². The topological polar surface area (TPSA) is 54.3 Å². The van der Waals surface area contributed by atoms with Crippen molar-refractivity contribution in [3.63, 3.8) is 0 Å². The molecule has 0 spiro atoms. The summed E-state index contributed by atoms with van der Waals surface area (Å²) in [6, 6.07) is 24.2. The minimum absolute atomic E-state index is 0.0189. The molecule has 0 N–H and O–H groups in total. The first kappa shape index (κ1) is 20.2. The number of hydrogen-bond donors (Lipinski definition) is 0. The summed E-state index contributed by atoms with van der Waals surface area (Å²) < 4.78 is 1.78. The third-order valence-corrected chi connectivity index (χ3v) is 5.81. The van der Waals surface area contributed by atoms with Gasteiger partial charge in [0.05, 0.1) is 11.3 Å². The third-order valence-electron chi connectivity index (χ3n) is 5.81. The van der Waals surface area contributed by atoms with Crippen LogP contribution in [0.25, 0.3) is 16.9 Å². The summed E-state index contributed by atoms with van der Waals surface area (Å²) in [5.41, 5.74) is 4.34. The molecular formula is C26H25N5O. The van der Waals surface area contributed by atoms with Gasteiger partial charge in [0.15, 0.2) is 0 Å². The average molecular weight is 424 g/mol. The molecule has 1 aliphatic rings. The van der Waals surface area contributed by atoms with Crippen molar-refractivity contribution in [1.29, 1.82) is 0 Å². The number of aromatic nitrogens is 3. The lowest BCUT2D eigenvalue weighted by Crippen LogP contribution is -2.48. The Morgan fingerprint density at radius 3 is 2.25 bits per heavy atom. The zero-order valence-electron chi connectivity index (χ0n) is 17.8. The summed E-state index contributed by atoms with van der Waals surface area (Å²) in [6.07, 6.45) is 5.33. The molecule has 160 valence electrons. The zero-order chi connectivity index (χ0) is 21.8. The molecule has 0 atom stereocenters. The molecule has 0 saturated carbocycles. The first-order valence-electron chi connectivity index (χ1n) is 10.9. The monoisotopic (exact) mass is 423 g/mol. The Kier molecular flexibility index (Phi) is 5.77. The molecule has 32 heavy (non-hydrogen) atoms. The summed E-state index contributed by atoms with van der Waals surface area (Å²) in [6.45, 7) is 4.03. The number of rotatable bonds is 5. The molecule has 0 unspecified atom stereocenters. The lowest BCUT2D eigenvalue weighted by atomic mass is 10.1. The van der Waals surface area contributed by atoms with Crippen LogP contribution in [-0.2, 0) is 6.54 Å². The standard InChI is InChI=1S/C26H25N5O/c32-26(30-16-14-29(15-17-30)19-21-8-3-1-4-9-21)24-20-31(23-11-5-2-6-12-23)28-25(24)22-10-7-13-27-18-22/h1-13,18,20H,14-17,19H2. The fourth-order valence-electron chi connectivity index (χ4n) is 4.08. The van der Waals surface area contributed by atoms with Crippen molar-refractivity contribution in [3.05, 3.63) is 103 Å². The molecule has 1 saturated heterocycles. The van der Waals surface area contributed by atoms with E-state index in [0.29, 0.717) is 24.3 Å². The van der Waals surface area contributed by atoms with Crippen molar-refractivity contribution in [2.45, 2.75) is 6.54 Å². The highest BCUT2D eigenvalue weighted by molar-refractivity contribution is 6.00. The molecule has 0 radical (unpaired) electrons. The molecule has 0 bridgehead atoms. The van der Waals surface area contributed by atoms with E-state index < -0.39 is 0 Å². The molecule has 2 aromatic heterocycles. The highest BCUT2D eigenvalue weighted by Gasteiger charge is 2.26. The van der Waals surface area contributed by atoms with E-state index in [1.54, 1.807) is 17.1 Å². The molecule has 3 heterocycles. The van der Waals surface area contributed by atoms with Gasteiger partial charge >= 0.3 is 0 Å². The number of carbonyl (C=O) groups excluding carboxylic acids is 1. The number of para-hydroxylation sites is 1. The van der Waals surface area contributed by atoms with Gasteiger partial charge in [-0.05, 0) is 29.8 Å². The van der Waals surface area contributed by atoms with Gasteiger partial charge in [-0.15, -0.1) is 0 Å². The fourth-order valence-corrected chi connectivity index (χ4v) is 4.08. The van der Waals surface area contributed by atoms with Crippen molar-refractivity contribution < 1.29 is 4.79 Å². The summed E-state index contributed by atoms with van der Waals surface area (Å²) in [4.78, 5) is 22.1. The molecule has 1 fully saturated rings. The van der Waals surface area contributed by atoms with E-state index in [9.17, 15) is 4.79 Å². The second-order valence-corrected chi connectivity index (χ2v) is 7.97. The van der Waals surface area contributed by atoms with Crippen molar-refractivity contribution >= 4 is 5.91 Å². The highest BCUT2D eigenvalue weighted by Crippen LogP contribution is 2.25. The number of piperazine rings is 1. The summed E-state index contributed by atoms with van der Waals surface area (Å²) >= 11 is 0. The average Bonchev–Trinajstić information content (AvgIpc) is 3.31. The minimum atomic E-state index is 0.0189. The lowest BCUT2D eigenvalue weighted by Gasteiger charge is -2.34. The Morgan fingerprint density at radius 1 is 0.844 bits per heavy atom. The predicted molar refractivity (Wildman–Crippen MR) is 124 cm³/mol. The molecule has 1 amide bonds. The van der Waals surface area contributed by atoms with Crippen LogP contribution in [0.15, 0.2) is 91.4 Å². The molecular weight excluding hydrogens is 398 g/mol. The summed E-state index contributed by atoms with van der Waals surface area (Å²) in [5, 5.41) is 4.76. The molecule has 4 aromatic rings. The van der Waals surface area contributed by atoms with Gasteiger partial charge < -0.3 is 4.90 Å². The second kappa shape index (κ2) is 9.16. The number of amides is 1. The van der Waals surface area contributed by atoms with E-state index in [1.165, 1.54) is 5.56 Å². The van der Waals surface area contributed by atoms with Gasteiger partial charge in [-0.3, -0.25) is 14.7 Å². The van der Waals surface area contributed by atoms with Gasteiger partial charge in [-0.1, -0.05) is 48.5 Å². The van der Waals surface area contributed by atoms with E-state index in [1.807, 2.05) is 59.6 Å². The fraction of sp³-hybridized carbons (Fsp3) is 0.192. The van der Waals surface area contributed by atoms with E-state index >= 15 is 0 Å². The van der Waals surface area contributed by atoms with Crippen LogP contribution < -0.4 is 0 Å². The van der Waals surface area contributed by atoms with Crippen molar-refractivity contribution in [3.8, 4) is 16.9 Å². The van der Waals surface area contributed by atoms with Crippen molar-refractivity contribution in [2.24, 2.45) is 0 Å². The maximum Gasteiger partial charge on any atom is 0.257 e. The van der Waals surface area contributed by atoms with E-state index in [0.717, 1.165) is 30.9 Å². The Morgan fingerprint density at radius 2 is 1.56 bits per heavy atom. The van der Waals surface area contributed by atoms with E-state index in [4.69, 9.17) is 5.10 Å². The van der Waals surface area contributed by atoms with Crippen molar-refractivity contribution in [1.82, 2.24) is 24.6 Å². The van der Waals surface area contributed by atoms with E-state index in [-0.39, 0.29) is 5.91 Å². The van der Waals surface area contributed by atoms with Gasteiger partial charge in [0, 0.05) is 56.9 Å². The first-order chi connectivity index (χ1) is 15.8. The molecule has 2 aromatic carbocycles. The Balaban J connectivity index is 1.37. The normalized spacial score (nSPS) is 14.4. The van der Waals surface area contributed by atoms with Crippen LogP contribution in [0.4, 0.5) is 0 Å². The highest BCUT2D eigenvalue weighted by atomic mass is 16.2. The zero-order valence-corrected chi connectivity index (χ0v) is 17.8. The number of hydrogen-bond acceptors (Lipinski definition) is 4. The Bertz CT molecular complexity index is 1170. The van der Waals surface area contributed by atoms with Crippen LogP contribution in [0, 0.1) is 0 Å². The van der Waals surface area contributed by atoms with Crippen LogP contribution in [0.5, 0.6) is 0 Å². The van der Waals surface area contributed by atoms with Gasteiger partial charge in [0.1, 0.15) is 5.69 Å². The number of benzene rings is 2. The largest absolute Gasteiger partial charge is 0.336 e. The maximum atomic E-state index is 13.5. The second-order valence-electron chi connectivity index (χ2n) is 7.97. The first-order valence-corrected chi connectivity index (χ1v) is 10.9. The van der Waals surface area contributed by atoms with Gasteiger partial charge in [0.25, 0.3) is 5.91 Å². The molecule has 1 aliphatic heterocycles. The number of nitrogens with zero attached hydrogens (tertiary/aromatic N) is 5. The molecule has 0 aliphatic carbocycles. The third kappa shape index (κ3) is 4.31. The Hall–Kier alpha value is -3.77. The molecule has 6 heteroatoms. The van der Waals surface area contributed by atoms with Gasteiger partial charge in [-0.2, -0.15) is 5.10 Å². The molecule has 6 nitrogen and oxygen atoms in total. The summed E-state index contributed by atoms with van der Waals surface area (Å²) in [7, 11) is 0. The van der Waals surface area contributed by atoms with Crippen LogP contribution in [-0.4, -0.2) is 56.7 Å². The Labute approximate surface area is 187 Å². The van der Waals surface area contributed by atoms with Crippen LogP contribution in [0.2, 0.25) is 0 Å². The quantitative estimate of drug-likeness (QED) is 0.489. The summed E-state index contributed by atoms with van der Waals surface area (Å²) in [5.74, 6) is 0.0189. The predicted octanol–water partition coefficient (Wildman–Crippen LogP) is 3.89. The number of carbonyl (C=O) groups is 1. The smallest absolute Gasteiger partial charge is 0.257 e. The van der Waals surface area contributed by atoms with Crippen LogP contribution >= 0.6 is 0 Å². The number of pyridine rings is 1. The van der Waals surface area contributed by atoms with Gasteiger partial charge in [0.2, 0.25) is 0 Å². The van der Waals surface area contributed by atoms with Crippen LogP contribution in [0.3, 0.4) is 0 Å². The SMILES string of the molecule is O=C(c1cn(-c2ccccc2)nc1-c1cccnc1)N1CCN(Cc2ccccc2)CC1. The minimum Gasteiger partial charge on any atom is -0.336 e. The van der Waals surface area contributed by atoms with Crippen molar-refractivity contribution in [2.75, 3.05) is 26.2 Å².